The quantitative estimate of drug-likeness (QED) is 0.662. The Morgan fingerprint density at radius 3 is 2.50 bits per heavy atom. The lowest BCUT2D eigenvalue weighted by molar-refractivity contribution is 0.866. The highest BCUT2D eigenvalue weighted by atomic mass is 35.5. The van der Waals surface area contributed by atoms with E-state index in [0.717, 1.165) is 24.2 Å². The molecule has 0 spiro atoms. The number of anilines is 1. The topological polar surface area (TPSA) is 37.6 Å². The van der Waals surface area contributed by atoms with E-state index < -0.39 is 0 Å². The van der Waals surface area contributed by atoms with Gasteiger partial charge in [-0.05, 0) is 56.2 Å². The molecule has 4 nitrogen and oxygen atoms in total. The summed E-state index contributed by atoms with van der Waals surface area (Å²) < 4.78 is 1.53. The minimum atomic E-state index is -0.142. The molecule has 2 heterocycles. The van der Waals surface area contributed by atoms with E-state index in [4.69, 9.17) is 11.6 Å². The van der Waals surface area contributed by atoms with Crippen LogP contribution in [0.4, 0.5) is 5.69 Å². The predicted octanol–water partition coefficient (Wildman–Crippen LogP) is 4.59. The Balaban J connectivity index is 1.93. The fraction of sp³-hybridized carbons (Fsp3) is 0.238. The van der Waals surface area contributed by atoms with Crippen LogP contribution in [0.15, 0.2) is 53.5 Å². The van der Waals surface area contributed by atoms with E-state index >= 15 is 0 Å². The van der Waals surface area contributed by atoms with Crippen molar-refractivity contribution in [2.24, 2.45) is 0 Å². The second-order valence-electron chi connectivity index (χ2n) is 6.17. The Morgan fingerprint density at radius 2 is 1.85 bits per heavy atom. The van der Waals surface area contributed by atoms with Crippen molar-refractivity contribution in [3.05, 3.63) is 75.8 Å². The van der Waals surface area contributed by atoms with Gasteiger partial charge in [0.15, 0.2) is 0 Å². The van der Waals surface area contributed by atoms with Crippen LogP contribution in [-0.4, -0.2) is 22.5 Å². The molecule has 0 aliphatic heterocycles. The van der Waals surface area contributed by atoms with Crippen LogP contribution in [0.2, 0.25) is 0 Å². The summed E-state index contributed by atoms with van der Waals surface area (Å²) in [6.07, 6.45) is 3.61. The first-order chi connectivity index (χ1) is 12.5. The van der Waals surface area contributed by atoms with E-state index in [0.29, 0.717) is 16.4 Å². The van der Waals surface area contributed by atoms with Crippen LogP contribution in [0.5, 0.6) is 0 Å². The molecule has 0 N–H and O–H groups in total. The van der Waals surface area contributed by atoms with Crippen LogP contribution in [0.1, 0.15) is 30.7 Å². The monoisotopic (exact) mass is 367 g/mol. The Kier molecular flexibility index (Phi) is 5.43. The first kappa shape index (κ1) is 18.2. The lowest BCUT2D eigenvalue weighted by Gasteiger charge is -2.20. The van der Waals surface area contributed by atoms with Crippen LogP contribution < -0.4 is 10.5 Å². The molecule has 26 heavy (non-hydrogen) atoms. The Hall–Kier alpha value is -2.59. The van der Waals surface area contributed by atoms with Crippen molar-refractivity contribution in [1.82, 2.24) is 9.38 Å². The zero-order valence-corrected chi connectivity index (χ0v) is 16.0. The number of pyridine rings is 1. The van der Waals surface area contributed by atoms with E-state index in [9.17, 15) is 4.79 Å². The maximum Gasteiger partial charge on any atom is 0.258 e. The van der Waals surface area contributed by atoms with Crippen molar-refractivity contribution in [3.63, 3.8) is 0 Å². The number of aryl methyl sites for hydroxylation is 1. The average molecular weight is 368 g/mol. The Labute approximate surface area is 158 Å². The van der Waals surface area contributed by atoms with E-state index in [1.165, 1.54) is 16.2 Å². The predicted molar refractivity (Wildman–Crippen MR) is 110 cm³/mol. The minimum absolute atomic E-state index is 0.142. The van der Waals surface area contributed by atoms with Gasteiger partial charge in [0.05, 0.1) is 10.7 Å². The summed E-state index contributed by atoms with van der Waals surface area (Å²) in [7, 11) is 0. The molecule has 0 atom stereocenters. The molecule has 0 amide bonds. The molecule has 0 aliphatic carbocycles. The van der Waals surface area contributed by atoms with Crippen LogP contribution in [0.25, 0.3) is 16.8 Å². The molecule has 0 saturated heterocycles. The molecule has 0 radical (unpaired) electrons. The number of aromatic nitrogens is 2. The highest BCUT2D eigenvalue weighted by Crippen LogP contribution is 2.22. The smallest absolute Gasteiger partial charge is 0.258 e. The van der Waals surface area contributed by atoms with E-state index in [1.807, 2.05) is 37.3 Å². The molecule has 0 saturated carbocycles. The van der Waals surface area contributed by atoms with Crippen molar-refractivity contribution in [2.75, 3.05) is 18.0 Å². The number of hydrogen-bond donors (Lipinski definition) is 0. The third-order valence-corrected chi connectivity index (χ3v) is 4.67. The van der Waals surface area contributed by atoms with Crippen molar-refractivity contribution in [3.8, 4) is 0 Å². The summed E-state index contributed by atoms with van der Waals surface area (Å²) in [4.78, 5) is 19.1. The first-order valence-corrected chi connectivity index (χ1v) is 9.12. The van der Waals surface area contributed by atoms with Crippen molar-refractivity contribution in [2.45, 2.75) is 20.8 Å². The van der Waals surface area contributed by atoms with Gasteiger partial charge in [-0.2, -0.15) is 0 Å². The van der Waals surface area contributed by atoms with Crippen LogP contribution >= 0.6 is 11.6 Å². The van der Waals surface area contributed by atoms with E-state index in [-0.39, 0.29) is 5.56 Å². The summed E-state index contributed by atoms with van der Waals surface area (Å²) in [5, 5.41) is 0.445. The largest absolute Gasteiger partial charge is 0.372 e. The van der Waals surface area contributed by atoms with Gasteiger partial charge in [0.2, 0.25) is 0 Å². The summed E-state index contributed by atoms with van der Waals surface area (Å²) in [6.45, 7) is 8.15. The van der Waals surface area contributed by atoms with Gasteiger partial charge in [-0.1, -0.05) is 29.8 Å². The molecule has 1 aromatic carbocycles. The number of benzene rings is 1. The lowest BCUT2D eigenvalue weighted by atomic mass is 10.1. The van der Waals surface area contributed by atoms with Crippen molar-refractivity contribution >= 4 is 34.0 Å². The molecule has 5 heteroatoms. The zero-order chi connectivity index (χ0) is 18.7. The zero-order valence-electron chi connectivity index (χ0n) is 15.2. The molecule has 0 aliphatic rings. The van der Waals surface area contributed by atoms with Crippen LogP contribution in [0, 0.1) is 6.92 Å². The van der Waals surface area contributed by atoms with Crippen LogP contribution in [0.3, 0.4) is 0 Å². The van der Waals surface area contributed by atoms with Gasteiger partial charge in [-0.15, -0.1) is 0 Å². The first-order valence-electron chi connectivity index (χ1n) is 8.74. The fourth-order valence-corrected chi connectivity index (χ4v) is 3.14. The standard InChI is InChI=1S/C21H22ClN3O/c1-4-24(5-2)17-9-7-16(8-10-17)12-18(22)19-13-21(26)25-14-15(3)6-11-20(25)23-19/h6-14H,4-5H2,1-3H3/b18-12-. The van der Waals surface area contributed by atoms with Gasteiger partial charge in [0.25, 0.3) is 5.56 Å². The maximum absolute atomic E-state index is 12.3. The van der Waals surface area contributed by atoms with E-state index in [1.54, 1.807) is 6.20 Å². The second kappa shape index (κ2) is 7.75. The minimum Gasteiger partial charge on any atom is -0.372 e. The molecule has 2 aromatic heterocycles. The maximum atomic E-state index is 12.3. The Morgan fingerprint density at radius 1 is 1.15 bits per heavy atom. The average Bonchev–Trinajstić information content (AvgIpc) is 2.64. The number of hydrogen-bond acceptors (Lipinski definition) is 3. The molecule has 134 valence electrons. The molecule has 3 aromatic rings. The van der Waals surface area contributed by atoms with E-state index in [2.05, 4.69) is 35.9 Å². The van der Waals surface area contributed by atoms with Crippen molar-refractivity contribution in [1.29, 1.82) is 0 Å². The van der Waals surface area contributed by atoms with Gasteiger partial charge >= 0.3 is 0 Å². The molecule has 0 fully saturated rings. The number of rotatable bonds is 5. The molecular formula is C21H22ClN3O. The molecule has 0 bridgehead atoms. The normalized spacial score (nSPS) is 11.8. The van der Waals surface area contributed by atoms with Gasteiger partial charge in [-0.3, -0.25) is 9.20 Å². The third-order valence-electron chi connectivity index (χ3n) is 4.37. The summed E-state index contributed by atoms with van der Waals surface area (Å²) in [6, 6.07) is 13.4. The Bertz CT molecular complexity index is 1000. The summed E-state index contributed by atoms with van der Waals surface area (Å²) >= 11 is 6.44. The van der Waals surface area contributed by atoms with Gasteiger partial charge in [0, 0.05) is 31.0 Å². The molecular weight excluding hydrogens is 346 g/mol. The third kappa shape index (κ3) is 3.81. The van der Waals surface area contributed by atoms with Gasteiger partial charge in [-0.25, -0.2) is 4.98 Å². The number of fused-ring (bicyclic) bond motifs is 1. The van der Waals surface area contributed by atoms with Gasteiger partial charge < -0.3 is 4.90 Å². The van der Waals surface area contributed by atoms with Crippen molar-refractivity contribution < 1.29 is 0 Å². The SMILES string of the molecule is CCN(CC)c1ccc(/C=C(\Cl)c2cc(=O)n3cc(C)ccc3n2)cc1. The summed E-state index contributed by atoms with van der Waals surface area (Å²) in [5.74, 6) is 0. The molecule has 3 rings (SSSR count). The number of nitrogens with zero attached hydrogens (tertiary/aromatic N) is 3. The van der Waals surface area contributed by atoms with Gasteiger partial charge in [0.1, 0.15) is 5.65 Å². The highest BCUT2D eigenvalue weighted by Gasteiger charge is 2.07. The highest BCUT2D eigenvalue weighted by molar-refractivity contribution is 6.51. The lowest BCUT2D eigenvalue weighted by Crippen LogP contribution is -2.21. The van der Waals surface area contributed by atoms with Crippen LogP contribution in [-0.2, 0) is 0 Å². The fourth-order valence-electron chi connectivity index (χ4n) is 2.92. The summed E-state index contributed by atoms with van der Waals surface area (Å²) in [5.41, 5.74) is 4.08. The second-order valence-corrected chi connectivity index (χ2v) is 6.58. The molecule has 0 unspecified atom stereocenters. The number of halogens is 1.